The molecule has 2 N–H and O–H groups in total. The van der Waals surface area contributed by atoms with Crippen LogP contribution in [0.4, 0.5) is 0 Å². The van der Waals surface area contributed by atoms with E-state index in [2.05, 4.69) is 9.02 Å². The quantitative estimate of drug-likeness (QED) is 0.635. The topological polar surface area (TPSA) is 78.6 Å². The van der Waals surface area contributed by atoms with Gasteiger partial charge in [0, 0.05) is 0 Å². The van der Waals surface area contributed by atoms with Crippen LogP contribution in [-0.2, 0) is 21.6 Å². The summed E-state index contributed by atoms with van der Waals surface area (Å²) < 4.78 is 26.1. The average molecular weight is 254 g/mol. The fourth-order valence-corrected chi connectivity index (χ4v) is 1.37. The van der Waals surface area contributed by atoms with Crippen molar-refractivity contribution >= 4 is 22.5 Å². The second kappa shape index (κ2) is 5.92. The predicted molar refractivity (Wildman–Crippen MR) is 58.1 cm³/mol. The normalized spacial score (nSPS) is 10.5. The van der Waals surface area contributed by atoms with Gasteiger partial charge in [-0.2, -0.15) is 8.42 Å². The predicted octanol–water partition coefficient (Wildman–Crippen LogP) is 0.837. The van der Waals surface area contributed by atoms with Gasteiger partial charge in [0.15, 0.2) is 0 Å². The Kier molecular flexibility index (Phi) is 5.59. The molecule has 7 heteroatoms. The van der Waals surface area contributed by atoms with Crippen LogP contribution in [0.3, 0.4) is 0 Å². The van der Waals surface area contributed by atoms with Gasteiger partial charge in [0.05, 0.1) is 12.9 Å². The largest absolute Gasteiger partial charge is 0.383 e. The third-order valence-corrected chi connectivity index (χ3v) is 1.92. The summed E-state index contributed by atoms with van der Waals surface area (Å²) in [6.07, 6.45) is 0.990. The van der Waals surface area contributed by atoms with E-state index in [1.165, 1.54) is 12.1 Å². The molecule has 15 heavy (non-hydrogen) atoms. The van der Waals surface area contributed by atoms with Crippen molar-refractivity contribution in [2.45, 2.75) is 6.61 Å². The molecule has 0 saturated carbocycles. The number of hydrogen-bond acceptors (Lipinski definition) is 5. The van der Waals surface area contributed by atoms with Gasteiger partial charge in [-0.15, -0.1) is 12.4 Å². The number of benzene rings is 1. The third kappa shape index (κ3) is 5.58. The zero-order valence-electron chi connectivity index (χ0n) is 8.04. The highest BCUT2D eigenvalue weighted by Crippen LogP contribution is 2.13. The highest BCUT2D eigenvalue weighted by atomic mass is 35.5. The molecule has 0 saturated heterocycles. The molecule has 5 nitrogen and oxygen atoms in total. The van der Waals surface area contributed by atoms with Gasteiger partial charge in [0.1, 0.15) is 5.75 Å². The molecule has 0 spiro atoms. The Morgan fingerprint density at radius 3 is 2.20 bits per heavy atom. The second-order valence-corrected chi connectivity index (χ2v) is 4.32. The fourth-order valence-electron chi connectivity index (χ4n) is 0.912. The van der Waals surface area contributed by atoms with Gasteiger partial charge in [-0.05, 0) is 17.7 Å². The smallest absolute Gasteiger partial charge is 0.306 e. The Morgan fingerprint density at radius 1 is 1.27 bits per heavy atom. The first-order valence-electron chi connectivity index (χ1n) is 3.81. The van der Waals surface area contributed by atoms with Gasteiger partial charge in [-0.1, -0.05) is 12.1 Å². The standard InChI is InChI=1S/C8H11NO4S.ClH/c1-14(10,11)13-8-4-2-7(3-5-8)6-12-9;/h2-5H,6,9H2,1H3;1H. The second-order valence-electron chi connectivity index (χ2n) is 2.74. The van der Waals surface area contributed by atoms with Gasteiger partial charge < -0.3 is 4.18 Å². The van der Waals surface area contributed by atoms with Gasteiger partial charge in [0.25, 0.3) is 0 Å². The Morgan fingerprint density at radius 2 is 1.80 bits per heavy atom. The van der Waals surface area contributed by atoms with Crippen molar-refractivity contribution in [2.75, 3.05) is 6.26 Å². The number of hydrogen-bond donors (Lipinski definition) is 1. The van der Waals surface area contributed by atoms with Gasteiger partial charge in [-0.25, -0.2) is 5.90 Å². The Bertz CT molecular complexity index is 390. The van der Waals surface area contributed by atoms with E-state index in [1.54, 1.807) is 12.1 Å². The Labute approximate surface area is 94.7 Å². The van der Waals surface area contributed by atoms with E-state index in [1.807, 2.05) is 0 Å². The molecular weight excluding hydrogens is 242 g/mol. The molecule has 0 heterocycles. The molecule has 1 aromatic rings. The fraction of sp³-hybridized carbons (Fsp3) is 0.250. The molecule has 0 aromatic heterocycles. The highest BCUT2D eigenvalue weighted by molar-refractivity contribution is 7.86. The van der Waals surface area contributed by atoms with Crippen LogP contribution in [0, 0.1) is 0 Å². The van der Waals surface area contributed by atoms with Crippen molar-refractivity contribution in [3.05, 3.63) is 29.8 Å². The van der Waals surface area contributed by atoms with E-state index < -0.39 is 10.1 Å². The van der Waals surface area contributed by atoms with E-state index in [9.17, 15) is 8.42 Å². The van der Waals surface area contributed by atoms with Crippen molar-refractivity contribution in [1.29, 1.82) is 0 Å². The van der Waals surface area contributed by atoms with Crippen molar-refractivity contribution in [3.8, 4) is 5.75 Å². The van der Waals surface area contributed by atoms with Crippen LogP contribution < -0.4 is 10.1 Å². The van der Waals surface area contributed by atoms with E-state index in [-0.39, 0.29) is 24.8 Å². The Hall–Kier alpha value is -0.820. The molecule has 1 rings (SSSR count). The summed E-state index contributed by atoms with van der Waals surface area (Å²) in [6, 6.07) is 6.42. The number of rotatable bonds is 4. The van der Waals surface area contributed by atoms with E-state index in [0.29, 0.717) is 0 Å². The van der Waals surface area contributed by atoms with Crippen molar-refractivity contribution in [2.24, 2.45) is 5.90 Å². The molecule has 0 atom stereocenters. The number of nitrogens with two attached hydrogens (primary N) is 1. The van der Waals surface area contributed by atoms with Crippen molar-refractivity contribution < 1.29 is 17.4 Å². The summed E-state index contributed by atoms with van der Waals surface area (Å²) in [4.78, 5) is 4.41. The molecule has 0 aliphatic carbocycles. The number of halogens is 1. The average Bonchev–Trinajstić information content (AvgIpc) is 2.06. The zero-order chi connectivity index (χ0) is 10.6. The van der Waals surface area contributed by atoms with Crippen LogP contribution in [0.25, 0.3) is 0 Å². The Balaban J connectivity index is 0.00000196. The molecule has 86 valence electrons. The van der Waals surface area contributed by atoms with Crippen molar-refractivity contribution in [3.63, 3.8) is 0 Å². The molecule has 1 aromatic carbocycles. The van der Waals surface area contributed by atoms with Gasteiger partial charge in [-0.3, -0.25) is 4.84 Å². The summed E-state index contributed by atoms with van der Waals surface area (Å²) in [5, 5.41) is 0. The molecule has 0 aliphatic rings. The van der Waals surface area contributed by atoms with Gasteiger partial charge >= 0.3 is 10.1 Å². The molecule has 0 fully saturated rings. The van der Waals surface area contributed by atoms with Crippen LogP contribution in [0.2, 0.25) is 0 Å². The van der Waals surface area contributed by atoms with E-state index in [0.717, 1.165) is 11.8 Å². The van der Waals surface area contributed by atoms with Crippen LogP contribution in [-0.4, -0.2) is 14.7 Å². The summed E-state index contributed by atoms with van der Waals surface area (Å²) in [5.41, 5.74) is 0.841. The van der Waals surface area contributed by atoms with Crippen LogP contribution in [0.5, 0.6) is 5.75 Å². The lowest BCUT2D eigenvalue weighted by atomic mass is 10.2. The minimum Gasteiger partial charge on any atom is -0.383 e. The van der Waals surface area contributed by atoms with Crippen LogP contribution >= 0.6 is 12.4 Å². The van der Waals surface area contributed by atoms with E-state index in [4.69, 9.17) is 5.90 Å². The SMILES string of the molecule is CS(=O)(=O)Oc1ccc(CON)cc1.Cl. The first-order chi connectivity index (χ1) is 6.51. The minimum absolute atomic E-state index is 0. The summed E-state index contributed by atoms with van der Waals surface area (Å²) in [6.45, 7) is 0.277. The lowest BCUT2D eigenvalue weighted by Gasteiger charge is -2.03. The molecule has 0 amide bonds. The minimum atomic E-state index is -3.46. The maximum atomic E-state index is 10.7. The first kappa shape index (κ1) is 14.2. The van der Waals surface area contributed by atoms with Crippen molar-refractivity contribution in [1.82, 2.24) is 0 Å². The lowest BCUT2D eigenvalue weighted by molar-refractivity contribution is 0.124. The highest BCUT2D eigenvalue weighted by Gasteiger charge is 2.03. The first-order valence-corrected chi connectivity index (χ1v) is 5.63. The summed E-state index contributed by atoms with van der Waals surface area (Å²) >= 11 is 0. The third-order valence-electron chi connectivity index (χ3n) is 1.42. The molecule has 0 unspecified atom stereocenters. The van der Waals surface area contributed by atoms with Gasteiger partial charge in [0.2, 0.25) is 0 Å². The molecule has 0 bridgehead atoms. The summed E-state index contributed by atoms with van der Waals surface area (Å²) in [5.74, 6) is 5.14. The molecule has 0 radical (unpaired) electrons. The molecular formula is C8H12ClNO4S. The van der Waals surface area contributed by atoms with Crippen LogP contribution in [0.1, 0.15) is 5.56 Å². The maximum absolute atomic E-state index is 10.7. The monoisotopic (exact) mass is 253 g/mol. The lowest BCUT2D eigenvalue weighted by Crippen LogP contribution is -2.05. The zero-order valence-corrected chi connectivity index (χ0v) is 9.68. The maximum Gasteiger partial charge on any atom is 0.306 e. The van der Waals surface area contributed by atoms with E-state index >= 15 is 0 Å². The molecule has 0 aliphatic heterocycles. The van der Waals surface area contributed by atoms with Crippen LogP contribution in [0.15, 0.2) is 24.3 Å². The summed E-state index contributed by atoms with van der Waals surface area (Å²) in [7, 11) is -3.46.